The number of rotatable bonds is 3. The molecule has 1 rings (SSSR count). The molecule has 0 amide bonds. The quantitative estimate of drug-likeness (QED) is 0.362. The van der Waals surface area contributed by atoms with Crippen LogP contribution in [0, 0.1) is 17.0 Å². The Kier molecular flexibility index (Phi) is 3.35. The smallest absolute Gasteiger partial charge is 0.272 e. The second-order valence-corrected chi connectivity index (χ2v) is 3.83. The molecule has 1 atom stereocenters. The van der Waals surface area contributed by atoms with Crippen molar-refractivity contribution in [2.45, 2.75) is 11.8 Å². The van der Waals surface area contributed by atoms with E-state index in [4.69, 9.17) is 0 Å². The van der Waals surface area contributed by atoms with E-state index in [2.05, 4.69) is 15.9 Å². The molecule has 0 aliphatic rings. The van der Waals surface area contributed by atoms with Crippen LogP contribution in [0.4, 0.5) is 5.69 Å². The monoisotopic (exact) mass is 257 g/mol. The van der Waals surface area contributed by atoms with Gasteiger partial charge in [0.05, 0.1) is 9.75 Å². The number of alkyl halides is 1. The van der Waals surface area contributed by atoms with Crippen molar-refractivity contribution in [1.82, 2.24) is 0 Å². The van der Waals surface area contributed by atoms with Crippen molar-refractivity contribution in [1.29, 1.82) is 0 Å². The van der Waals surface area contributed by atoms with Crippen LogP contribution >= 0.6 is 15.9 Å². The van der Waals surface area contributed by atoms with E-state index in [0.29, 0.717) is 17.4 Å². The van der Waals surface area contributed by atoms with Gasteiger partial charge in [0.1, 0.15) is 6.29 Å². The van der Waals surface area contributed by atoms with Crippen molar-refractivity contribution in [3.05, 3.63) is 39.4 Å². The van der Waals surface area contributed by atoms with Crippen LogP contribution in [0.3, 0.4) is 0 Å². The van der Waals surface area contributed by atoms with Gasteiger partial charge in [-0.1, -0.05) is 28.1 Å². The zero-order valence-corrected chi connectivity index (χ0v) is 9.02. The van der Waals surface area contributed by atoms with Crippen molar-refractivity contribution in [2.75, 3.05) is 0 Å². The number of benzene rings is 1. The number of nitro benzene ring substituents is 1. The Bertz CT molecular complexity index is 378. The Morgan fingerprint density at radius 3 is 2.71 bits per heavy atom. The van der Waals surface area contributed by atoms with Gasteiger partial charge in [0, 0.05) is 11.6 Å². The van der Waals surface area contributed by atoms with Crippen molar-refractivity contribution < 1.29 is 9.72 Å². The molecule has 1 unspecified atom stereocenters. The van der Waals surface area contributed by atoms with Gasteiger partial charge in [0.15, 0.2) is 0 Å². The second kappa shape index (κ2) is 4.32. The van der Waals surface area contributed by atoms with Gasteiger partial charge < -0.3 is 4.79 Å². The van der Waals surface area contributed by atoms with E-state index in [9.17, 15) is 14.9 Å². The number of nitro groups is 1. The molecule has 1 aromatic carbocycles. The molecule has 0 aromatic heterocycles. The lowest BCUT2D eigenvalue weighted by molar-refractivity contribution is -0.385. The molecular weight excluding hydrogens is 250 g/mol. The van der Waals surface area contributed by atoms with Crippen LogP contribution in [0.25, 0.3) is 0 Å². The molecule has 74 valence electrons. The fourth-order valence-corrected chi connectivity index (χ4v) is 1.36. The third-order valence-electron chi connectivity index (χ3n) is 1.87. The van der Waals surface area contributed by atoms with E-state index in [1.165, 1.54) is 6.07 Å². The molecule has 0 saturated carbocycles. The standard InChI is InChI=1S/C9H8BrNO3/c1-6-2-3-7(8(10)5-12)4-9(6)11(13)14/h2-5,8H,1H3. The van der Waals surface area contributed by atoms with Crippen molar-refractivity contribution in [3.8, 4) is 0 Å². The summed E-state index contributed by atoms with van der Waals surface area (Å²) in [5.74, 6) is 0. The van der Waals surface area contributed by atoms with Gasteiger partial charge in [-0.2, -0.15) is 0 Å². The van der Waals surface area contributed by atoms with Crippen LogP contribution < -0.4 is 0 Å². The van der Waals surface area contributed by atoms with Gasteiger partial charge in [0.25, 0.3) is 5.69 Å². The number of hydrogen-bond acceptors (Lipinski definition) is 3. The number of aldehydes is 1. The van der Waals surface area contributed by atoms with Crippen molar-refractivity contribution in [3.63, 3.8) is 0 Å². The average molecular weight is 258 g/mol. The highest BCUT2D eigenvalue weighted by molar-refractivity contribution is 9.09. The van der Waals surface area contributed by atoms with E-state index in [1.54, 1.807) is 19.1 Å². The summed E-state index contributed by atoms with van der Waals surface area (Å²) in [5, 5.41) is 10.6. The van der Waals surface area contributed by atoms with Crippen LogP contribution in [0.1, 0.15) is 16.0 Å². The molecule has 0 radical (unpaired) electrons. The lowest BCUT2D eigenvalue weighted by Crippen LogP contribution is -1.96. The normalized spacial score (nSPS) is 12.1. The van der Waals surface area contributed by atoms with Gasteiger partial charge in [-0.25, -0.2) is 0 Å². The number of carbonyl (C=O) groups excluding carboxylic acids is 1. The van der Waals surface area contributed by atoms with Gasteiger partial charge in [-0.15, -0.1) is 0 Å². The first-order valence-electron chi connectivity index (χ1n) is 3.90. The predicted octanol–water partition coefficient (Wildman–Crippen LogP) is 2.54. The molecule has 0 saturated heterocycles. The number of nitrogens with zero attached hydrogens (tertiary/aromatic N) is 1. The minimum Gasteiger partial charge on any atom is -0.302 e. The van der Waals surface area contributed by atoms with Crippen LogP contribution in [-0.4, -0.2) is 11.2 Å². The van der Waals surface area contributed by atoms with Crippen LogP contribution in [0.15, 0.2) is 18.2 Å². The number of aryl methyl sites for hydroxylation is 1. The van der Waals surface area contributed by atoms with Crippen molar-refractivity contribution >= 4 is 27.9 Å². The average Bonchev–Trinajstić information content (AvgIpc) is 2.17. The molecule has 0 spiro atoms. The summed E-state index contributed by atoms with van der Waals surface area (Å²) in [6.45, 7) is 1.66. The highest BCUT2D eigenvalue weighted by atomic mass is 79.9. The Balaban J connectivity index is 3.19. The topological polar surface area (TPSA) is 60.2 Å². The Morgan fingerprint density at radius 2 is 2.21 bits per heavy atom. The molecule has 1 aromatic rings. The number of carbonyl (C=O) groups is 1. The summed E-state index contributed by atoms with van der Waals surface area (Å²) in [6.07, 6.45) is 0.689. The Labute approximate surface area is 89.2 Å². The largest absolute Gasteiger partial charge is 0.302 e. The maximum Gasteiger partial charge on any atom is 0.272 e. The fourth-order valence-electron chi connectivity index (χ4n) is 1.07. The van der Waals surface area contributed by atoms with Gasteiger partial charge in [0.2, 0.25) is 0 Å². The molecule has 0 aliphatic carbocycles. The summed E-state index contributed by atoms with van der Waals surface area (Å²) in [6, 6.07) is 4.73. The number of hydrogen-bond donors (Lipinski definition) is 0. The second-order valence-electron chi connectivity index (χ2n) is 2.84. The van der Waals surface area contributed by atoms with Crippen LogP contribution in [0.5, 0.6) is 0 Å². The third-order valence-corrected chi connectivity index (χ3v) is 2.61. The predicted molar refractivity (Wildman–Crippen MR) is 55.6 cm³/mol. The molecule has 0 fully saturated rings. The van der Waals surface area contributed by atoms with Gasteiger partial charge in [-0.3, -0.25) is 10.1 Å². The van der Waals surface area contributed by atoms with Crippen molar-refractivity contribution in [2.24, 2.45) is 0 Å². The first-order valence-corrected chi connectivity index (χ1v) is 4.82. The molecule has 5 heteroatoms. The summed E-state index contributed by atoms with van der Waals surface area (Å²) < 4.78 is 0. The SMILES string of the molecule is Cc1ccc(C(Br)C=O)cc1[N+](=O)[O-]. The summed E-state index contributed by atoms with van der Waals surface area (Å²) >= 11 is 3.10. The first-order chi connectivity index (χ1) is 6.56. The van der Waals surface area contributed by atoms with E-state index in [-0.39, 0.29) is 5.69 Å². The van der Waals surface area contributed by atoms with Crippen LogP contribution in [-0.2, 0) is 4.79 Å². The highest BCUT2D eigenvalue weighted by Gasteiger charge is 2.14. The molecule has 0 N–H and O–H groups in total. The molecule has 14 heavy (non-hydrogen) atoms. The summed E-state index contributed by atoms with van der Waals surface area (Å²) in [5.41, 5.74) is 1.22. The summed E-state index contributed by atoms with van der Waals surface area (Å²) in [4.78, 5) is 20.1. The lowest BCUT2D eigenvalue weighted by Gasteiger charge is -2.03. The molecule has 0 heterocycles. The van der Waals surface area contributed by atoms with E-state index in [1.807, 2.05) is 0 Å². The zero-order chi connectivity index (χ0) is 10.7. The Hall–Kier alpha value is -1.23. The fraction of sp³-hybridized carbons (Fsp3) is 0.222. The van der Waals surface area contributed by atoms with E-state index >= 15 is 0 Å². The van der Waals surface area contributed by atoms with Crippen LogP contribution in [0.2, 0.25) is 0 Å². The molecule has 4 nitrogen and oxygen atoms in total. The number of halogens is 1. The lowest BCUT2D eigenvalue weighted by atomic mass is 10.1. The Morgan fingerprint density at radius 1 is 1.57 bits per heavy atom. The molecule has 0 bridgehead atoms. The third kappa shape index (κ3) is 2.17. The highest BCUT2D eigenvalue weighted by Crippen LogP contribution is 2.26. The first kappa shape index (κ1) is 10.8. The summed E-state index contributed by atoms with van der Waals surface area (Å²) in [7, 11) is 0. The zero-order valence-electron chi connectivity index (χ0n) is 7.44. The van der Waals surface area contributed by atoms with E-state index < -0.39 is 9.75 Å². The minimum atomic E-state index is -0.484. The maximum absolute atomic E-state index is 10.6. The van der Waals surface area contributed by atoms with Gasteiger partial charge in [-0.05, 0) is 12.5 Å². The molecule has 0 aliphatic heterocycles. The maximum atomic E-state index is 10.6. The molecular formula is C9H8BrNO3. The van der Waals surface area contributed by atoms with Gasteiger partial charge >= 0.3 is 0 Å². The van der Waals surface area contributed by atoms with E-state index in [0.717, 1.165) is 0 Å². The minimum absolute atomic E-state index is 0.0359.